The molecule has 180 valence electrons. The highest BCUT2D eigenvalue weighted by Gasteiger charge is 2.31. The van der Waals surface area contributed by atoms with E-state index < -0.39 is 18.0 Å². The number of hydrogen-bond donors (Lipinski definition) is 2. The van der Waals surface area contributed by atoms with E-state index in [2.05, 4.69) is 21.2 Å². The summed E-state index contributed by atoms with van der Waals surface area (Å²) >= 11 is 3.50. The van der Waals surface area contributed by atoms with E-state index in [0.29, 0.717) is 36.8 Å². The zero-order valence-electron chi connectivity index (χ0n) is 19.5. The lowest BCUT2D eigenvalue weighted by Gasteiger charge is -2.37. The third-order valence-electron chi connectivity index (χ3n) is 5.99. The molecule has 4 rings (SSSR count). The number of ether oxygens (including phenoxy) is 1. The van der Waals surface area contributed by atoms with Crippen LogP contribution in [0.3, 0.4) is 0 Å². The molecule has 8 nitrogen and oxygen atoms in total. The van der Waals surface area contributed by atoms with Crippen LogP contribution in [-0.4, -0.2) is 27.0 Å². The molecule has 1 aliphatic rings. The Balaban J connectivity index is 1.69. The average molecular weight is 529 g/mol. The minimum Gasteiger partial charge on any atom is -0.469 e. The fourth-order valence-electron chi connectivity index (χ4n) is 4.23. The summed E-state index contributed by atoms with van der Waals surface area (Å²) in [6, 6.07) is 15.3. The summed E-state index contributed by atoms with van der Waals surface area (Å²) in [7, 11) is 3.12. The van der Waals surface area contributed by atoms with Crippen LogP contribution in [0, 0.1) is 0 Å². The molecule has 2 atom stereocenters. The van der Waals surface area contributed by atoms with Crippen LogP contribution in [0.15, 0.2) is 62.6 Å². The maximum Gasteiger partial charge on any atom is 0.332 e. The van der Waals surface area contributed by atoms with E-state index in [1.54, 1.807) is 7.05 Å². The average Bonchev–Trinajstić information content (AvgIpc) is 2.81. The van der Waals surface area contributed by atoms with Gasteiger partial charge in [-0.2, -0.15) is 0 Å². The van der Waals surface area contributed by atoms with Gasteiger partial charge in [-0.1, -0.05) is 53.5 Å². The van der Waals surface area contributed by atoms with Gasteiger partial charge in [-0.25, -0.2) is 4.79 Å². The van der Waals surface area contributed by atoms with Crippen molar-refractivity contribution in [3.8, 4) is 5.75 Å². The molecule has 1 aliphatic heterocycles. The van der Waals surface area contributed by atoms with Gasteiger partial charge >= 0.3 is 5.69 Å². The number of halogens is 1. The molecule has 0 aliphatic carbocycles. The largest absolute Gasteiger partial charge is 0.469 e. The second-order valence-electron chi connectivity index (χ2n) is 8.54. The van der Waals surface area contributed by atoms with E-state index in [9.17, 15) is 14.7 Å². The van der Waals surface area contributed by atoms with Gasteiger partial charge in [0.2, 0.25) is 0 Å². The van der Waals surface area contributed by atoms with Gasteiger partial charge in [-0.05, 0) is 41.8 Å². The molecule has 1 aromatic heterocycles. The van der Waals surface area contributed by atoms with Crippen molar-refractivity contribution < 1.29 is 9.84 Å². The molecule has 0 saturated heterocycles. The fourth-order valence-corrected chi connectivity index (χ4v) is 4.68. The minimum absolute atomic E-state index is 0.358. The molecule has 2 aromatic carbocycles. The van der Waals surface area contributed by atoms with Crippen molar-refractivity contribution in [1.29, 1.82) is 0 Å². The summed E-state index contributed by atoms with van der Waals surface area (Å²) in [5, 5.41) is 13.6. The first-order valence-corrected chi connectivity index (χ1v) is 12.1. The minimum atomic E-state index is -0.551. The van der Waals surface area contributed by atoms with Gasteiger partial charge < -0.3 is 20.1 Å². The Bertz CT molecular complexity index is 1300. The van der Waals surface area contributed by atoms with Gasteiger partial charge in [0.05, 0.1) is 12.6 Å². The molecule has 2 heterocycles. The second-order valence-corrected chi connectivity index (χ2v) is 9.46. The molecule has 0 radical (unpaired) electrons. The number of nitrogens with one attached hydrogen (secondary N) is 1. The van der Waals surface area contributed by atoms with Gasteiger partial charge in [0.25, 0.3) is 5.56 Å². The van der Waals surface area contributed by atoms with Crippen LogP contribution in [0.25, 0.3) is 0 Å². The molecule has 34 heavy (non-hydrogen) atoms. The number of aliphatic hydroxyl groups is 1. The number of benzene rings is 2. The Morgan fingerprint density at radius 1 is 1.15 bits per heavy atom. The predicted octanol–water partition coefficient (Wildman–Crippen LogP) is 3.52. The quantitative estimate of drug-likeness (QED) is 0.487. The van der Waals surface area contributed by atoms with E-state index in [4.69, 9.17) is 4.74 Å². The third kappa shape index (κ3) is 4.90. The van der Waals surface area contributed by atoms with Crippen molar-refractivity contribution in [2.24, 2.45) is 14.1 Å². The fraction of sp³-hybridized carbons (Fsp3) is 0.360. The predicted molar refractivity (Wildman–Crippen MR) is 136 cm³/mol. The van der Waals surface area contributed by atoms with Gasteiger partial charge in [0.15, 0.2) is 6.23 Å². The van der Waals surface area contributed by atoms with Crippen LogP contribution < -0.4 is 26.2 Å². The van der Waals surface area contributed by atoms with Crippen LogP contribution >= 0.6 is 15.9 Å². The molecule has 0 bridgehead atoms. The third-order valence-corrected chi connectivity index (χ3v) is 6.48. The summed E-state index contributed by atoms with van der Waals surface area (Å²) in [5.41, 5.74) is 1.47. The summed E-state index contributed by atoms with van der Waals surface area (Å²) in [6.07, 6.45) is 0.479. The van der Waals surface area contributed by atoms with Crippen molar-refractivity contribution in [1.82, 2.24) is 9.13 Å². The van der Waals surface area contributed by atoms with E-state index >= 15 is 0 Å². The Morgan fingerprint density at radius 3 is 2.65 bits per heavy atom. The summed E-state index contributed by atoms with van der Waals surface area (Å²) in [4.78, 5) is 27.6. The zero-order valence-corrected chi connectivity index (χ0v) is 21.1. The maximum absolute atomic E-state index is 13.1. The molecule has 9 heteroatoms. The van der Waals surface area contributed by atoms with E-state index in [0.717, 1.165) is 26.6 Å². The lowest BCUT2D eigenvalue weighted by molar-refractivity contribution is 0.165. The number of anilines is 2. The highest BCUT2D eigenvalue weighted by atomic mass is 79.9. The molecule has 3 aromatic rings. The molecule has 2 unspecified atom stereocenters. The Morgan fingerprint density at radius 2 is 1.91 bits per heavy atom. The van der Waals surface area contributed by atoms with Crippen molar-refractivity contribution in [2.75, 3.05) is 16.8 Å². The number of nitrogens with zero attached hydrogens (tertiary/aromatic N) is 3. The first kappa shape index (κ1) is 24.1. The lowest BCUT2D eigenvalue weighted by atomic mass is 10.1. The summed E-state index contributed by atoms with van der Waals surface area (Å²) in [6.45, 7) is 2.88. The summed E-state index contributed by atoms with van der Waals surface area (Å²) in [5.74, 6) is 1.02. The molecular weight excluding hydrogens is 500 g/mol. The van der Waals surface area contributed by atoms with Crippen LogP contribution in [-0.2, 0) is 20.6 Å². The topological polar surface area (TPSA) is 88.7 Å². The van der Waals surface area contributed by atoms with Crippen LogP contribution in [0.2, 0.25) is 0 Å². The Hall–Kier alpha value is -3.04. The van der Waals surface area contributed by atoms with Gasteiger partial charge in [0.1, 0.15) is 17.3 Å². The first-order valence-electron chi connectivity index (χ1n) is 11.3. The van der Waals surface area contributed by atoms with Crippen molar-refractivity contribution in [2.45, 2.75) is 38.6 Å². The normalized spacial score (nSPS) is 16.0. The first-order chi connectivity index (χ1) is 16.3. The smallest absolute Gasteiger partial charge is 0.332 e. The molecule has 0 spiro atoms. The number of fused-ring (bicyclic) bond motifs is 1. The molecule has 0 saturated carbocycles. The number of aromatic nitrogens is 2. The molecule has 0 fully saturated rings. The van der Waals surface area contributed by atoms with E-state index in [1.807, 2.05) is 60.4 Å². The van der Waals surface area contributed by atoms with Gasteiger partial charge in [0, 0.05) is 25.1 Å². The Labute approximate surface area is 206 Å². The lowest BCUT2D eigenvalue weighted by Crippen LogP contribution is -2.51. The molecular formula is C25H29BrN4O4. The van der Waals surface area contributed by atoms with Crippen molar-refractivity contribution in [3.05, 3.63) is 85.0 Å². The second kappa shape index (κ2) is 10.1. The van der Waals surface area contributed by atoms with E-state index in [1.165, 1.54) is 11.6 Å². The van der Waals surface area contributed by atoms with Gasteiger partial charge in [-0.15, -0.1) is 0 Å². The molecule has 0 amide bonds. The number of rotatable bonds is 7. The van der Waals surface area contributed by atoms with Crippen LogP contribution in [0.5, 0.6) is 5.75 Å². The molecule has 2 N–H and O–H groups in total. The zero-order chi connectivity index (χ0) is 24.4. The van der Waals surface area contributed by atoms with Crippen molar-refractivity contribution >= 4 is 27.4 Å². The number of aliphatic hydroxyl groups excluding tert-OH is 1. The maximum atomic E-state index is 13.1. The van der Waals surface area contributed by atoms with Crippen molar-refractivity contribution in [3.63, 3.8) is 0 Å². The standard InChI is InChI=1S/C25H29BrN4O4/c1-4-7-20(31)17-9-6-11-19(13-17)34-21-15-30(14-16-8-5-10-18(26)12-16)22-23(27-21)28(2)25(33)29(3)24(22)32/h5-6,8-13,20-21,27,31H,4,7,14-15H2,1-3H3. The highest BCUT2D eigenvalue weighted by molar-refractivity contribution is 9.10. The Kier molecular flexibility index (Phi) is 7.13. The highest BCUT2D eigenvalue weighted by Crippen LogP contribution is 2.30. The SMILES string of the molecule is CCCC(O)c1cccc(OC2CN(Cc3cccc(Br)c3)c3c(n(C)c(=O)n(C)c3=O)N2)c1. The van der Waals surface area contributed by atoms with Crippen LogP contribution in [0.1, 0.15) is 37.0 Å². The summed E-state index contributed by atoms with van der Waals surface area (Å²) < 4.78 is 9.74. The van der Waals surface area contributed by atoms with Crippen LogP contribution in [0.4, 0.5) is 11.5 Å². The monoisotopic (exact) mass is 528 g/mol. The number of hydrogen-bond acceptors (Lipinski definition) is 6. The van der Waals surface area contributed by atoms with Gasteiger partial charge in [-0.3, -0.25) is 13.9 Å². The van der Waals surface area contributed by atoms with E-state index in [-0.39, 0.29) is 5.56 Å².